The first kappa shape index (κ1) is 16.9. The molecule has 0 aromatic heterocycles. The maximum absolute atomic E-state index is 12.3. The van der Waals surface area contributed by atoms with Crippen molar-refractivity contribution in [3.05, 3.63) is 60.2 Å². The zero-order valence-corrected chi connectivity index (χ0v) is 13.8. The number of rotatable bonds is 8. The number of carbonyl (C=O) groups excluding carboxylic acids is 1. The fraction of sp³-hybridized carbons (Fsp3) is 0.316. The van der Waals surface area contributed by atoms with Gasteiger partial charge in [-0.2, -0.15) is 0 Å². The van der Waals surface area contributed by atoms with Crippen molar-refractivity contribution in [1.29, 1.82) is 0 Å². The number of benzene rings is 2. The molecule has 0 aliphatic heterocycles. The Morgan fingerprint density at radius 1 is 1.09 bits per heavy atom. The summed E-state index contributed by atoms with van der Waals surface area (Å²) in [6, 6.07) is 17.8. The predicted molar refractivity (Wildman–Crippen MR) is 93.6 cm³/mol. The van der Waals surface area contributed by atoms with Crippen LogP contribution in [0.2, 0.25) is 0 Å². The second kappa shape index (κ2) is 8.83. The van der Waals surface area contributed by atoms with E-state index in [4.69, 9.17) is 4.74 Å². The summed E-state index contributed by atoms with van der Waals surface area (Å²) in [7, 11) is 1.65. The van der Waals surface area contributed by atoms with Crippen molar-refractivity contribution in [3.8, 4) is 5.75 Å². The molecule has 4 heteroatoms. The molecule has 0 heterocycles. The van der Waals surface area contributed by atoms with E-state index in [1.54, 1.807) is 7.11 Å². The van der Waals surface area contributed by atoms with Crippen molar-refractivity contribution < 1.29 is 9.53 Å². The third-order valence-electron chi connectivity index (χ3n) is 3.71. The average Bonchev–Trinajstić information content (AvgIpc) is 2.61. The topological polar surface area (TPSA) is 41.6 Å². The van der Waals surface area contributed by atoms with E-state index in [0.717, 1.165) is 23.5 Å². The summed E-state index contributed by atoms with van der Waals surface area (Å²) in [5.74, 6) is 0.990. The normalized spacial score (nSPS) is 10.2. The molecule has 0 spiro atoms. The molecular weight excluding hydrogens is 288 g/mol. The maximum atomic E-state index is 12.3. The van der Waals surface area contributed by atoms with E-state index < -0.39 is 0 Å². The number of nitrogens with one attached hydrogen (secondary N) is 1. The molecule has 0 aliphatic carbocycles. The van der Waals surface area contributed by atoms with Crippen LogP contribution in [-0.2, 0) is 11.3 Å². The highest BCUT2D eigenvalue weighted by molar-refractivity contribution is 5.76. The molecule has 122 valence electrons. The Balaban J connectivity index is 1.80. The van der Waals surface area contributed by atoms with Crippen LogP contribution >= 0.6 is 0 Å². The molecule has 4 nitrogen and oxygen atoms in total. The number of anilines is 1. The molecule has 1 amide bonds. The van der Waals surface area contributed by atoms with Crippen molar-refractivity contribution in [1.82, 2.24) is 4.90 Å². The summed E-state index contributed by atoms with van der Waals surface area (Å²) in [5.41, 5.74) is 2.15. The molecule has 0 bridgehead atoms. The summed E-state index contributed by atoms with van der Waals surface area (Å²) in [4.78, 5) is 14.2. The molecule has 23 heavy (non-hydrogen) atoms. The lowest BCUT2D eigenvalue weighted by Gasteiger charge is -2.21. The van der Waals surface area contributed by atoms with Crippen LogP contribution in [0.3, 0.4) is 0 Å². The van der Waals surface area contributed by atoms with Gasteiger partial charge in [0.2, 0.25) is 5.91 Å². The fourth-order valence-electron chi connectivity index (χ4n) is 2.36. The van der Waals surface area contributed by atoms with Gasteiger partial charge in [0, 0.05) is 31.7 Å². The van der Waals surface area contributed by atoms with Gasteiger partial charge in [-0.25, -0.2) is 0 Å². The SMILES string of the molecule is CCN(Cc1ccccc1)C(=O)CCNc1ccc(OC)cc1. The van der Waals surface area contributed by atoms with E-state index >= 15 is 0 Å². The highest BCUT2D eigenvalue weighted by Gasteiger charge is 2.11. The third-order valence-corrected chi connectivity index (χ3v) is 3.71. The van der Waals surface area contributed by atoms with Gasteiger partial charge in [0.05, 0.1) is 7.11 Å². The highest BCUT2D eigenvalue weighted by atomic mass is 16.5. The zero-order valence-electron chi connectivity index (χ0n) is 13.8. The van der Waals surface area contributed by atoms with E-state index in [1.807, 2.05) is 66.4 Å². The van der Waals surface area contributed by atoms with Gasteiger partial charge in [-0.05, 0) is 36.8 Å². The van der Waals surface area contributed by atoms with E-state index in [2.05, 4.69) is 5.32 Å². The van der Waals surface area contributed by atoms with Crippen LogP contribution in [0.15, 0.2) is 54.6 Å². The number of amides is 1. The second-order valence-electron chi connectivity index (χ2n) is 5.30. The van der Waals surface area contributed by atoms with Crippen LogP contribution in [-0.4, -0.2) is 31.0 Å². The van der Waals surface area contributed by atoms with Crippen LogP contribution in [0.4, 0.5) is 5.69 Å². The van der Waals surface area contributed by atoms with Crippen molar-refractivity contribution in [2.24, 2.45) is 0 Å². The molecule has 1 N–H and O–H groups in total. The molecule has 0 radical (unpaired) electrons. The standard InChI is InChI=1S/C19H24N2O2/c1-3-21(15-16-7-5-4-6-8-16)19(22)13-14-20-17-9-11-18(23-2)12-10-17/h4-12,20H,3,13-15H2,1-2H3. The van der Waals surface area contributed by atoms with E-state index in [-0.39, 0.29) is 5.91 Å². The van der Waals surface area contributed by atoms with E-state index in [9.17, 15) is 4.79 Å². The van der Waals surface area contributed by atoms with Gasteiger partial charge < -0.3 is 15.0 Å². The number of ether oxygens (including phenoxy) is 1. The number of carbonyl (C=O) groups is 1. The number of hydrogen-bond acceptors (Lipinski definition) is 3. The molecule has 2 aromatic carbocycles. The lowest BCUT2D eigenvalue weighted by atomic mass is 10.2. The van der Waals surface area contributed by atoms with Crippen LogP contribution in [0.1, 0.15) is 18.9 Å². The molecule has 0 unspecified atom stereocenters. The van der Waals surface area contributed by atoms with E-state index in [1.165, 1.54) is 0 Å². The van der Waals surface area contributed by atoms with Gasteiger partial charge in [0.15, 0.2) is 0 Å². The Morgan fingerprint density at radius 3 is 2.39 bits per heavy atom. The quantitative estimate of drug-likeness (QED) is 0.810. The van der Waals surface area contributed by atoms with Crippen LogP contribution in [0.25, 0.3) is 0 Å². The van der Waals surface area contributed by atoms with Crippen LogP contribution in [0, 0.1) is 0 Å². The van der Waals surface area contributed by atoms with E-state index in [0.29, 0.717) is 19.5 Å². The second-order valence-corrected chi connectivity index (χ2v) is 5.30. The molecule has 0 saturated heterocycles. The summed E-state index contributed by atoms with van der Waals surface area (Å²) in [5, 5.41) is 3.27. The van der Waals surface area contributed by atoms with Gasteiger partial charge in [0.1, 0.15) is 5.75 Å². The Hall–Kier alpha value is -2.49. The zero-order chi connectivity index (χ0) is 16.5. The number of nitrogens with zero attached hydrogens (tertiary/aromatic N) is 1. The number of hydrogen-bond donors (Lipinski definition) is 1. The molecule has 0 aliphatic rings. The minimum Gasteiger partial charge on any atom is -0.497 e. The first-order chi connectivity index (χ1) is 11.2. The Labute approximate surface area is 138 Å². The van der Waals surface area contributed by atoms with Crippen LogP contribution < -0.4 is 10.1 Å². The molecule has 2 aromatic rings. The van der Waals surface area contributed by atoms with Crippen molar-refractivity contribution in [2.45, 2.75) is 19.9 Å². The molecule has 2 rings (SSSR count). The van der Waals surface area contributed by atoms with Crippen molar-refractivity contribution in [3.63, 3.8) is 0 Å². The Kier molecular flexibility index (Phi) is 6.48. The van der Waals surface area contributed by atoms with Gasteiger partial charge in [0.25, 0.3) is 0 Å². The highest BCUT2D eigenvalue weighted by Crippen LogP contribution is 2.15. The minimum atomic E-state index is 0.164. The summed E-state index contributed by atoms with van der Waals surface area (Å²) in [6.45, 7) is 4.02. The lowest BCUT2D eigenvalue weighted by molar-refractivity contribution is -0.131. The molecule has 0 fully saturated rings. The Morgan fingerprint density at radius 2 is 1.78 bits per heavy atom. The van der Waals surface area contributed by atoms with Crippen LogP contribution in [0.5, 0.6) is 5.75 Å². The predicted octanol–water partition coefficient (Wildman–Crippen LogP) is 3.55. The lowest BCUT2D eigenvalue weighted by Crippen LogP contribution is -2.31. The van der Waals surface area contributed by atoms with Gasteiger partial charge in [-0.1, -0.05) is 30.3 Å². The molecule has 0 atom stereocenters. The first-order valence-corrected chi connectivity index (χ1v) is 7.92. The van der Waals surface area contributed by atoms with Gasteiger partial charge in [-0.3, -0.25) is 4.79 Å². The largest absolute Gasteiger partial charge is 0.497 e. The smallest absolute Gasteiger partial charge is 0.224 e. The summed E-state index contributed by atoms with van der Waals surface area (Å²) in [6.07, 6.45) is 0.479. The van der Waals surface area contributed by atoms with Gasteiger partial charge >= 0.3 is 0 Å². The van der Waals surface area contributed by atoms with Crippen molar-refractivity contribution >= 4 is 11.6 Å². The third kappa shape index (κ3) is 5.33. The molecular formula is C19H24N2O2. The Bertz CT molecular complexity index is 597. The first-order valence-electron chi connectivity index (χ1n) is 7.92. The summed E-state index contributed by atoms with van der Waals surface area (Å²) >= 11 is 0. The monoisotopic (exact) mass is 312 g/mol. The number of methoxy groups -OCH3 is 1. The van der Waals surface area contributed by atoms with Crippen molar-refractivity contribution in [2.75, 3.05) is 25.5 Å². The molecule has 0 saturated carbocycles. The minimum absolute atomic E-state index is 0.164. The fourth-order valence-corrected chi connectivity index (χ4v) is 2.36. The summed E-state index contributed by atoms with van der Waals surface area (Å²) < 4.78 is 5.13. The van der Waals surface area contributed by atoms with Gasteiger partial charge in [-0.15, -0.1) is 0 Å². The average molecular weight is 312 g/mol. The maximum Gasteiger partial charge on any atom is 0.224 e.